The van der Waals surface area contributed by atoms with Gasteiger partial charge in [-0.15, -0.1) is 0 Å². The highest BCUT2D eigenvalue weighted by molar-refractivity contribution is 5.90. The Morgan fingerprint density at radius 2 is 1.80 bits per heavy atom. The molecule has 228 valence electrons. The van der Waals surface area contributed by atoms with E-state index in [1.165, 1.54) is 22.3 Å². The third-order valence-corrected chi connectivity index (χ3v) is 9.18. The van der Waals surface area contributed by atoms with Crippen molar-refractivity contribution in [3.63, 3.8) is 0 Å². The van der Waals surface area contributed by atoms with E-state index < -0.39 is 0 Å². The van der Waals surface area contributed by atoms with Gasteiger partial charge < -0.3 is 15.0 Å². The number of carbonyl (C=O) groups is 2. The molecule has 1 N–H and O–H groups in total. The molecule has 0 bridgehead atoms. The summed E-state index contributed by atoms with van der Waals surface area (Å²) in [6, 6.07) is 19.4. The van der Waals surface area contributed by atoms with Crippen LogP contribution in [0.4, 0.5) is 5.69 Å². The number of benzene rings is 2. The Kier molecular flexibility index (Phi) is 8.51. The zero-order valence-electron chi connectivity index (χ0n) is 26.1. The molecule has 2 aromatic heterocycles. The fraction of sp³-hybridized carbons (Fsp3) is 0.389. The summed E-state index contributed by atoms with van der Waals surface area (Å²) < 4.78 is 6.89. The number of amides is 1. The molecule has 0 spiro atoms. The summed E-state index contributed by atoms with van der Waals surface area (Å²) in [6.45, 7) is 9.79. The zero-order valence-corrected chi connectivity index (χ0v) is 26.1. The molecular weight excluding hydrogens is 550 g/mol. The maximum absolute atomic E-state index is 12.4. The molecule has 6 rings (SSSR count). The molecule has 3 heterocycles. The van der Waals surface area contributed by atoms with Gasteiger partial charge in [-0.2, -0.15) is 5.10 Å². The third-order valence-electron chi connectivity index (χ3n) is 9.18. The largest absolute Gasteiger partial charge is 0.462 e. The molecule has 8 heteroatoms. The van der Waals surface area contributed by atoms with Crippen LogP contribution in [0.25, 0.3) is 17.1 Å². The van der Waals surface area contributed by atoms with E-state index in [9.17, 15) is 9.59 Å². The number of aromatic nitrogens is 3. The minimum Gasteiger partial charge on any atom is -0.462 e. The van der Waals surface area contributed by atoms with Crippen LogP contribution < -0.4 is 5.32 Å². The first-order chi connectivity index (χ1) is 21.4. The van der Waals surface area contributed by atoms with Gasteiger partial charge in [0, 0.05) is 30.8 Å². The second-order valence-electron chi connectivity index (χ2n) is 11.9. The SMILES string of the molecule is CCOC(=O)c1cnn(-c2cccc(-c3cccc4c3C(Nc3ccc(C5CCN(C(=O)CC)CC5)cc3C)CC4)n2)c1C. The lowest BCUT2D eigenvalue weighted by Crippen LogP contribution is -2.37. The fourth-order valence-electron chi connectivity index (χ4n) is 6.77. The van der Waals surface area contributed by atoms with Crippen molar-refractivity contribution in [1.82, 2.24) is 19.7 Å². The first-order valence-electron chi connectivity index (χ1n) is 15.8. The second-order valence-corrected chi connectivity index (χ2v) is 11.9. The van der Waals surface area contributed by atoms with Crippen molar-refractivity contribution in [2.75, 3.05) is 25.0 Å². The monoisotopic (exact) mass is 591 g/mol. The quantitative estimate of drug-likeness (QED) is 0.223. The van der Waals surface area contributed by atoms with Crippen LogP contribution in [0.5, 0.6) is 0 Å². The molecule has 4 aromatic rings. The number of esters is 1. The van der Waals surface area contributed by atoms with Crippen LogP contribution in [0, 0.1) is 13.8 Å². The predicted molar refractivity (Wildman–Crippen MR) is 172 cm³/mol. The van der Waals surface area contributed by atoms with E-state index in [0.29, 0.717) is 36.0 Å². The number of carbonyl (C=O) groups excluding carboxylic acids is 2. The van der Waals surface area contributed by atoms with Gasteiger partial charge >= 0.3 is 5.97 Å². The highest BCUT2D eigenvalue weighted by atomic mass is 16.5. The number of nitrogens with zero attached hydrogens (tertiary/aromatic N) is 4. The van der Waals surface area contributed by atoms with Gasteiger partial charge in [-0.1, -0.05) is 43.3 Å². The fourth-order valence-corrected chi connectivity index (χ4v) is 6.77. The number of nitrogens with one attached hydrogen (secondary N) is 1. The van der Waals surface area contributed by atoms with Crippen LogP contribution in [0.3, 0.4) is 0 Å². The van der Waals surface area contributed by atoms with Gasteiger partial charge in [0.05, 0.1) is 30.2 Å². The number of aryl methyl sites for hydroxylation is 2. The van der Waals surface area contributed by atoms with E-state index in [-0.39, 0.29) is 17.9 Å². The molecule has 1 fully saturated rings. The minimum atomic E-state index is -0.376. The summed E-state index contributed by atoms with van der Waals surface area (Å²) in [4.78, 5) is 31.5. The van der Waals surface area contributed by atoms with Crippen molar-refractivity contribution < 1.29 is 14.3 Å². The lowest BCUT2D eigenvalue weighted by Gasteiger charge is -2.32. The summed E-state index contributed by atoms with van der Waals surface area (Å²) in [5.41, 5.74) is 9.52. The molecule has 1 atom stereocenters. The maximum Gasteiger partial charge on any atom is 0.341 e. The Morgan fingerprint density at radius 1 is 1.00 bits per heavy atom. The molecular formula is C36H41N5O3. The molecule has 1 aliphatic carbocycles. The molecule has 1 amide bonds. The van der Waals surface area contributed by atoms with Crippen molar-refractivity contribution in [2.24, 2.45) is 0 Å². The first kappa shape index (κ1) is 29.6. The van der Waals surface area contributed by atoms with Crippen LogP contribution in [-0.4, -0.2) is 51.2 Å². The van der Waals surface area contributed by atoms with E-state index in [1.807, 2.05) is 36.9 Å². The van der Waals surface area contributed by atoms with Gasteiger partial charge in [0.1, 0.15) is 5.56 Å². The number of fused-ring (bicyclic) bond motifs is 1. The topological polar surface area (TPSA) is 89.4 Å². The number of piperidine rings is 1. The summed E-state index contributed by atoms with van der Waals surface area (Å²) in [5.74, 6) is 1.04. The van der Waals surface area contributed by atoms with Gasteiger partial charge in [0.15, 0.2) is 5.82 Å². The standard InChI is InChI=1S/C36H41N5O3/c1-5-34(42)40-19-17-25(18-20-40)27-14-15-30(23(3)21-27)38-32-16-13-26-9-7-10-28(35(26)32)31-11-8-12-33(39-31)41-24(4)29(22-37-41)36(43)44-6-2/h7-12,14-15,21-22,25,32,38H,5-6,13,16-20H2,1-4H3. The molecule has 2 aliphatic rings. The van der Waals surface area contributed by atoms with Gasteiger partial charge in [-0.25, -0.2) is 14.5 Å². The lowest BCUT2D eigenvalue weighted by molar-refractivity contribution is -0.131. The van der Waals surface area contributed by atoms with Crippen molar-refractivity contribution in [3.8, 4) is 17.1 Å². The molecule has 1 aliphatic heterocycles. The number of ether oxygens (including phenoxy) is 1. The van der Waals surface area contributed by atoms with E-state index in [2.05, 4.69) is 53.7 Å². The Labute approximate surface area is 259 Å². The Hall–Kier alpha value is -4.46. The summed E-state index contributed by atoms with van der Waals surface area (Å²) >= 11 is 0. The molecule has 2 aromatic carbocycles. The van der Waals surface area contributed by atoms with Gasteiger partial charge in [-0.3, -0.25) is 4.79 Å². The Balaban J connectivity index is 1.23. The minimum absolute atomic E-state index is 0.168. The Morgan fingerprint density at radius 3 is 2.55 bits per heavy atom. The van der Waals surface area contributed by atoms with Crippen LogP contribution in [0.1, 0.15) is 89.8 Å². The Bertz CT molecular complexity index is 1690. The molecule has 1 unspecified atom stereocenters. The van der Waals surface area contributed by atoms with Crippen LogP contribution in [-0.2, 0) is 16.0 Å². The number of likely N-dealkylation sites (tertiary alicyclic amines) is 1. The van der Waals surface area contributed by atoms with Crippen molar-refractivity contribution in [2.45, 2.75) is 71.8 Å². The van der Waals surface area contributed by atoms with E-state index >= 15 is 0 Å². The smallest absolute Gasteiger partial charge is 0.341 e. The third kappa shape index (κ3) is 5.73. The lowest BCUT2D eigenvalue weighted by atomic mass is 9.88. The normalized spacial score (nSPS) is 16.5. The zero-order chi connectivity index (χ0) is 30.8. The van der Waals surface area contributed by atoms with E-state index in [0.717, 1.165) is 55.7 Å². The van der Waals surface area contributed by atoms with Gasteiger partial charge in [-0.05, 0) is 92.8 Å². The summed E-state index contributed by atoms with van der Waals surface area (Å²) in [6.07, 6.45) is 6.19. The maximum atomic E-state index is 12.4. The number of hydrogen-bond donors (Lipinski definition) is 1. The molecule has 1 saturated heterocycles. The molecule has 0 radical (unpaired) electrons. The van der Waals surface area contributed by atoms with Gasteiger partial charge in [0.2, 0.25) is 5.91 Å². The highest BCUT2D eigenvalue weighted by Gasteiger charge is 2.28. The number of rotatable bonds is 8. The molecule has 0 saturated carbocycles. The summed E-state index contributed by atoms with van der Waals surface area (Å²) in [5, 5.41) is 8.33. The predicted octanol–water partition coefficient (Wildman–Crippen LogP) is 6.94. The average molecular weight is 592 g/mol. The van der Waals surface area contributed by atoms with E-state index in [4.69, 9.17) is 9.72 Å². The van der Waals surface area contributed by atoms with Crippen LogP contribution >= 0.6 is 0 Å². The number of pyridine rings is 1. The number of hydrogen-bond acceptors (Lipinski definition) is 6. The molecule has 8 nitrogen and oxygen atoms in total. The summed E-state index contributed by atoms with van der Waals surface area (Å²) in [7, 11) is 0. The van der Waals surface area contributed by atoms with Crippen molar-refractivity contribution in [3.05, 3.63) is 94.3 Å². The van der Waals surface area contributed by atoms with Crippen molar-refractivity contribution in [1.29, 1.82) is 0 Å². The van der Waals surface area contributed by atoms with Crippen molar-refractivity contribution >= 4 is 17.6 Å². The highest BCUT2D eigenvalue weighted by Crippen LogP contribution is 2.41. The van der Waals surface area contributed by atoms with Crippen LogP contribution in [0.15, 0.2) is 60.8 Å². The first-order valence-corrected chi connectivity index (χ1v) is 15.8. The van der Waals surface area contributed by atoms with Gasteiger partial charge in [0.25, 0.3) is 0 Å². The molecule has 44 heavy (non-hydrogen) atoms. The average Bonchev–Trinajstić information content (AvgIpc) is 3.65. The number of anilines is 1. The second kappa shape index (κ2) is 12.6. The van der Waals surface area contributed by atoms with Crippen LogP contribution in [0.2, 0.25) is 0 Å². The van der Waals surface area contributed by atoms with E-state index in [1.54, 1.807) is 17.8 Å².